The monoisotopic (exact) mass is 281 g/mol. The summed E-state index contributed by atoms with van der Waals surface area (Å²) in [6.45, 7) is 1.29. The molecule has 1 rings (SSSR count). The van der Waals surface area contributed by atoms with Crippen molar-refractivity contribution in [2.24, 2.45) is 0 Å². The molecule has 0 aliphatic carbocycles. The van der Waals surface area contributed by atoms with Crippen LogP contribution in [-0.4, -0.2) is 53.1 Å². The van der Waals surface area contributed by atoms with Gasteiger partial charge in [0.2, 0.25) is 0 Å². The van der Waals surface area contributed by atoms with Crippen LogP contribution in [0, 0.1) is 0 Å². The summed E-state index contributed by atoms with van der Waals surface area (Å²) in [4.78, 5) is 1.95. The highest BCUT2D eigenvalue weighted by atomic mass is 16.3. The van der Waals surface area contributed by atoms with Crippen molar-refractivity contribution in [1.82, 2.24) is 4.90 Å². The third kappa shape index (κ3) is 7.01. The standard InChI is InChI=1S/C16H27NO3/c1-17(12-15(19)10-6-3-7-11-18)13-16(20)14-8-4-2-5-9-14/h2,4-5,8-9,15-16,18-20H,3,6-7,10-13H2,1H3. The summed E-state index contributed by atoms with van der Waals surface area (Å²) in [7, 11) is 1.91. The van der Waals surface area contributed by atoms with Crippen molar-refractivity contribution in [3.63, 3.8) is 0 Å². The Bertz CT molecular complexity index is 345. The van der Waals surface area contributed by atoms with Gasteiger partial charge in [0.15, 0.2) is 0 Å². The molecule has 0 heterocycles. The number of aliphatic hydroxyl groups is 3. The summed E-state index contributed by atoms with van der Waals surface area (Å²) < 4.78 is 0. The van der Waals surface area contributed by atoms with Crippen molar-refractivity contribution in [3.05, 3.63) is 35.9 Å². The molecule has 0 radical (unpaired) electrons. The Kier molecular flexibility index (Phi) is 8.46. The largest absolute Gasteiger partial charge is 0.396 e. The normalized spacial score (nSPS) is 14.4. The first-order chi connectivity index (χ1) is 9.63. The van der Waals surface area contributed by atoms with Crippen LogP contribution in [-0.2, 0) is 0 Å². The van der Waals surface area contributed by atoms with Crippen LogP contribution in [0.5, 0.6) is 0 Å². The van der Waals surface area contributed by atoms with Gasteiger partial charge in [0.25, 0.3) is 0 Å². The molecule has 0 aromatic heterocycles. The number of aliphatic hydroxyl groups excluding tert-OH is 3. The van der Waals surface area contributed by atoms with E-state index in [-0.39, 0.29) is 12.7 Å². The molecule has 0 saturated carbocycles. The second-order valence-electron chi connectivity index (χ2n) is 5.37. The zero-order chi connectivity index (χ0) is 14.8. The van der Waals surface area contributed by atoms with Crippen molar-refractivity contribution in [2.45, 2.75) is 37.9 Å². The summed E-state index contributed by atoms with van der Waals surface area (Å²) in [5, 5.41) is 28.7. The summed E-state index contributed by atoms with van der Waals surface area (Å²) in [6, 6.07) is 9.56. The number of benzene rings is 1. The minimum atomic E-state index is -0.525. The van der Waals surface area contributed by atoms with Crippen molar-refractivity contribution in [2.75, 3.05) is 26.7 Å². The summed E-state index contributed by atoms with van der Waals surface area (Å²) in [6.07, 6.45) is 2.52. The number of unbranched alkanes of at least 4 members (excludes halogenated alkanes) is 2. The van der Waals surface area contributed by atoms with Gasteiger partial charge in [0.05, 0.1) is 12.2 Å². The molecule has 4 heteroatoms. The Balaban J connectivity index is 2.23. The number of nitrogens with zero attached hydrogens (tertiary/aromatic N) is 1. The van der Waals surface area contributed by atoms with Crippen LogP contribution in [0.25, 0.3) is 0 Å². The van der Waals surface area contributed by atoms with E-state index in [9.17, 15) is 10.2 Å². The first kappa shape index (κ1) is 17.1. The lowest BCUT2D eigenvalue weighted by Crippen LogP contribution is -2.32. The Hall–Kier alpha value is -0.940. The summed E-state index contributed by atoms with van der Waals surface area (Å²) in [5.41, 5.74) is 0.900. The van der Waals surface area contributed by atoms with Crippen molar-refractivity contribution >= 4 is 0 Å². The van der Waals surface area contributed by atoms with E-state index in [0.717, 1.165) is 31.2 Å². The number of hydrogen-bond acceptors (Lipinski definition) is 4. The lowest BCUT2D eigenvalue weighted by molar-refractivity contribution is 0.0779. The van der Waals surface area contributed by atoms with Gasteiger partial charge in [-0.05, 0) is 25.5 Å². The molecular formula is C16H27NO3. The Morgan fingerprint density at radius 3 is 2.35 bits per heavy atom. The first-order valence-electron chi connectivity index (χ1n) is 7.34. The SMILES string of the molecule is CN(CC(O)CCCCCO)CC(O)c1ccccc1. The summed E-state index contributed by atoms with van der Waals surface area (Å²) in [5.74, 6) is 0. The van der Waals surface area contributed by atoms with Crippen LogP contribution in [0.4, 0.5) is 0 Å². The third-order valence-corrected chi connectivity index (χ3v) is 3.39. The van der Waals surface area contributed by atoms with Crippen LogP contribution in [0.2, 0.25) is 0 Å². The topological polar surface area (TPSA) is 63.9 Å². The van der Waals surface area contributed by atoms with Gasteiger partial charge < -0.3 is 20.2 Å². The maximum absolute atomic E-state index is 10.1. The highest BCUT2D eigenvalue weighted by molar-refractivity contribution is 5.17. The average Bonchev–Trinajstić information content (AvgIpc) is 2.44. The molecule has 1 aromatic rings. The number of hydrogen-bond donors (Lipinski definition) is 3. The van der Waals surface area contributed by atoms with E-state index in [4.69, 9.17) is 5.11 Å². The predicted molar refractivity (Wildman–Crippen MR) is 80.5 cm³/mol. The Morgan fingerprint density at radius 1 is 1.00 bits per heavy atom. The van der Waals surface area contributed by atoms with Gasteiger partial charge in [0.1, 0.15) is 0 Å². The van der Waals surface area contributed by atoms with Crippen molar-refractivity contribution in [1.29, 1.82) is 0 Å². The quantitative estimate of drug-likeness (QED) is 0.570. The van der Waals surface area contributed by atoms with Crippen LogP contribution < -0.4 is 0 Å². The maximum atomic E-state index is 10.1. The molecule has 20 heavy (non-hydrogen) atoms. The zero-order valence-corrected chi connectivity index (χ0v) is 12.3. The lowest BCUT2D eigenvalue weighted by atomic mass is 10.1. The first-order valence-corrected chi connectivity index (χ1v) is 7.34. The third-order valence-electron chi connectivity index (χ3n) is 3.39. The van der Waals surface area contributed by atoms with E-state index >= 15 is 0 Å². The van der Waals surface area contributed by atoms with Gasteiger partial charge in [-0.3, -0.25) is 0 Å². The van der Waals surface area contributed by atoms with Gasteiger partial charge >= 0.3 is 0 Å². The minimum Gasteiger partial charge on any atom is -0.396 e. The van der Waals surface area contributed by atoms with E-state index in [1.807, 2.05) is 42.3 Å². The predicted octanol–water partition coefficient (Wildman–Crippen LogP) is 1.57. The molecule has 0 saturated heterocycles. The smallest absolute Gasteiger partial charge is 0.0916 e. The minimum absolute atomic E-state index is 0.221. The molecule has 4 nitrogen and oxygen atoms in total. The van der Waals surface area contributed by atoms with Crippen LogP contribution in [0.3, 0.4) is 0 Å². The molecule has 1 aromatic carbocycles. The molecule has 2 unspecified atom stereocenters. The molecule has 0 bridgehead atoms. The molecule has 0 aliphatic rings. The Labute approximate surface area is 121 Å². The average molecular weight is 281 g/mol. The second kappa shape index (κ2) is 9.88. The second-order valence-corrected chi connectivity index (χ2v) is 5.37. The van der Waals surface area contributed by atoms with Gasteiger partial charge in [0, 0.05) is 19.7 Å². The molecular weight excluding hydrogens is 254 g/mol. The molecule has 0 aliphatic heterocycles. The van der Waals surface area contributed by atoms with Crippen molar-refractivity contribution in [3.8, 4) is 0 Å². The lowest BCUT2D eigenvalue weighted by Gasteiger charge is -2.23. The van der Waals surface area contributed by atoms with E-state index < -0.39 is 6.10 Å². The fraction of sp³-hybridized carbons (Fsp3) is 0.625. The molecule has 3 N–H and O–H groups in total. The number of likely N-dealkylation sites (N-methyl/N-ethyl adjacent to an activating group) is 1. The Morgan fingerprint density at radius 2 is 1.70 bits per heavy atom. The molecule has 0 spiro atoms. The van der Waals surface area contributed by atoms with Crippen molar-refractivity contribution < 1.29 is 15.3 Å². The van der Waals surface area contributed by atoms with Gasteiger partial charge in [-0.25, -0.2) is 0 Å². The highest BCUT2D eigenvalue weighted by Gasteiger charge is 2.13. The van der Waals surface area contributed by atoms with E-state index in [1.54, 1.807) is 0 Å². The van der Waals surface area contributed by atoms with E-state index in [2.05, 4.69) is 0 Å². The molecule has 0 fully saturated rings. The van der Waals surface area contributed by atoms with Crippen LogP contribution >= 0.6 is 0 Å². The molecule has 2 atom stereocenters. The van der Waals surface area contributed by atoms with E-state index in [0.29, 0.717) is 13.1 Å². The fourth-order valence-corrected chi connectivity index (χ4v) is 2.27. The molecule has 114 valence electrons. The van der Waals surface area contributed by atoms with E-state index in [1.165, 1.54) is 0 Å². The fourth-order valence-electron chi connectivity index (χ4n) is 2.27. The van der Waals surface area contributed by atoms with Gasteiger partial charge in [-0.1, -0.05) is 43.2 Å². The van der Waals surface area contributed by atoms with Crippen LogP contribution in [0.15, 0.2) is 30.3 Å². The van der Waals surface area contributed by atoms with Gasteiger partial charge in [-0.15, -0.1) is 0 Å². The van der Waals surface area contributed by atoms with Crippen LogP contribution in [0.1, 0.15) is 37.4 Å². The highest BCUT2D eigenvalue weighted by Crippen LogP contribution is 2.13. The number of rotatable bonds is 10. The van der Waals surface area contributed by atoms with Gasteiger partial charge in [-0.2, -0.15) is 0 Å². The zero-order valence-electron chi connectivity index (χ0n) is 12.3. The maximum Gasteiger partial charge on any atom is 0.0916 e. The molecule has 0 amide bonds. The summed E-state index contributed by atoms with van der Waals surface area (Å²) >= 11 is 0.